The number of hydrogen-bond donors (Lipinski definition) is 1. The first-order valence-corrected chi connectivity index (χ1v) is 6.42. The zero-order chi connectivity index (χ0) is 11.2. The Labute approximate surface area is 97.3 Å². The lowest BCUT2D eigenvalue weighted by atomic mass is 10.0. The maximum Gasteiger partial charge on any atom is 0.248 e. The van der Waals surface area contributed by atoms with Crippen molar-refractivity contribution in [2.45, 2.75) is 25.7 Å². The van der Waals surface area contributed by atoms with Gasteiger partial charge in [0.2, 0.25) is 5.91 Å². The Bertz CT molecular complexity index is 221. The Hall–Kier alpha value is -0.610. The number of amides is 1. The molecule has 0 aromatic carbocycles. The van der Waals surface area contributed by atoms with Gasteiger partial charge in [-0.25, -0.2) is 0 Å². The minimum atomic E-state index is 0.168. The molecule has 2 aliphatic heterocycles. The van der Waals surface area contributed by atoms with Crippen LogP contribution in [-0.4, -0.2) is 50.2 Å². The topological polar surface area (TPSA) is 41.6 Å². The molecule has 4 nitrogen and oxygen atoms in total. The van der Waals surface area contributed by atoms with Crippen LogP contribution in [-0.2, 0) is 9.53 Å². The van der Waals surface area contributed by atoms with Gasteiger partial charge in [0.05, 0.1) is 6.61 Å². The number of rotatable bonds is 4. The van der Waals surface area contributed by atoms with Crippen LogP contribution in [0, 0.1) is 5.92 Å². The molecule has 0 bridgehead atoms. The SMILES string of the molecule is O=C(COCC1CCCNC1)N1CCCC1. The van der Waals surface area contributed by atoms with Crippen molar-refractivity contribution in [3.8, 4) is 0 Å². The molecule has 2 saturated heterocycles. The fourth-order valence-corrected chi connectivity index (χ4v) is 2.44. The summed E-state index contributed by atoms with van der Waals surface area (Å²) in [6, 6.07) is 0. The standard InChI is InChI=1S/C12H22N2O2/c15-12(14-6-1-2-7-14)10-16-9-11-4-3-5-13-8-11/h11,13H,1-10H2. The molecule has 2 rings (SSSR count). The summed E-state index contributed by atoms with van der Waals surface area (Å²) in [5.74, 6) is 0.765. The van der Waals surface area contributed by atoms with E-state index in [1.165, 1.54) is 12.8 Å². The summed E-state index contributed by atoms with van der Waals surface area (Å²) in [6.07, 6.45) is 4.76. The summed E-state index contributed by atoms with van der Waals surface area (Å²) < 4.78 is 5.52. The molecule has 2 aliphatic rings. The Morgan fingerprint density at radius 3 is 2.81 bits per heavy atom. The number of carbonyl (C=O) groups is 1. The summed E-state index contributed by atoms with van der Waals surface area (Å²) in [5.41, 5.74) is 0. The first-order valence-electron chi connectivity index (χ1n) is 6.42. The molecule has 0 radical (unpaired) electrons. The number of nitrogens with zero attached hydrogens (tertiary/aromatic N) is 1. The van der Waals surface area contributed by atoms with Crippen LogP contribution in [0.5, 0.6) is 0 Å². The van der Waals surface area contributed by atoms with E-state index in [0.29, 0.717) is 5.92 Å². The zero-order valence-corrected chi connectivity index (χ0v) is 9.91. The molecule has 4 heteroatoms. The molecule has 2 heterocycles. The highest BCUT2D eigenvalue weighted by Crippen LogP contribution is 2.11. The molecular formula is C12H22N2O2. The van der Waals surface area contributed by atoms with Crippen LogP contribution in [0.2, 0.25) is 0 Å². The summed E-state index contributed by atoms with van der Waals surface area (Å²) >= 11 is 0. The number of hydrogen-bond acceptors (Lipinski definition) is 3. The van der Waals surface area contributed by atoms with E-state index in [9.17, 15) is 4.79 Å². The lowest BCUT2D eigenvalue weighted by molar-refractivity contribution is -0.135. The van der Waals surface area contributed by atoms with Crippen molar-refractivity contribution in [3.63, 3.8) is 0 Å². The van der Waals surface area contributed by atoms with E-state index in [2.05, 4.69) is 5.32 Å². The molecule has 0 spiro atoms. The van der Waals surface area contributed by atoms with Crippen molar-refractivity contribution in [2.24, 2.45) is 5.92 Å². The van der Waals surface area contributed by atoms with Crippen LogP contribution in [0.15, 0.2) is 0 Å². The third kappa shape index (κ3) is 3.46. The van der Waals surface area contributed by atoms with E-state index in [-0.39, 0.29) is 12.5 Å². The number of ether oxygens (including phenoxy) is 1. The fraction of sp³-hybridized carbons (Fsp3) is 0.917. The molecule has 0 aromatic rings. The van der Waals surface area contributed by atoms with Crippen LogP contribution in [0.3, 0.4) is 0 Å². The summed E-state index contributed by atoms with van der Waals surface area (Å²) in [4.78, 5) is 13.6. The largest absolute Gasteiger partial charge is 0.371 e. The van der Waals surface area contributed by atoms with E-state index in [1.54, 1.807) is 0 Å². The molecule has 92 valence electrons. The molecule has 1 unspecified atom stereocenters. The van der Waals surface area contributed by atoms with Crippen LogP contribution in [0.25, 0.3) is 0 Å². The van der Waals surface area contributed by atoms with Crippen molar-refractivity contribution in [1.29, 1.82) is 0 Å². The summed E-state index contributed by atoms with van der Waals surface area (Å²) in [6.45, 7) is 5.02. The van der Waals surface area contributed by atoms with Gasteiger partial charge in [-0.05, 0) is 38.1 Å². The van der Waals surface area contributed by atoms with Crippen molar-refractivity contribution in [1.82, 2.24) is 10.2 Å². The molecular weight excluding hydrogens is 204 g/mol. The predicted molar refractivity (Wildman–Crippen MR) is 62.2 cm³/mol. The van der Waals surface area contributed by atoms with Gasteiger partial charge in [-0.2, -0.15) is 0 Å². The third-order valence-corrected chi connectivity index (χ3v) is 3.44. The van der Waals surface area contributed by atoms with Crippen molar-refractivity contribution in [2.75, 3.05) is 39.4 Å². The van der Waals surface area contributed by atoms with Gasteiger partial charge in [0, 0.05) is 19.6 Å². The van der Waals surface area contributed by atoms with Gasteiger partial charge in [0.25, 0.3) is 0 Å². The fourth-order valence-electron chi connectivity index (χ4n) is 2.44. The molecule has 1 N–H and O–H groups in total. The van der Waals surface area contributed by atoms with E-state index >= 15 is 0 Å². The Morgan fingerprint density at radius 1 is 1.31 bits per heavy atom. The smallest absolute Gasteiger partial charge is 0.248 e. The Morgan fingerprint density at radius 2 is 2.12 bits per heavy atom. The molecule has 1 amide bonds. The molecule has 0 aliphatic carbocycles. The minimum Gasteiger partial charge on any atom is -0.371 e. The highest BCUT2D eigenvalue weighted by molar-refractivity contribution is 5.77. The number of likely N-dealkylation sites (tertiary alicyclic amines) is 1. The highest BCUT2D eigenvalue weighted by atomic mass is 16.5. The van der Waals surface area contributed by atoms with Gasteiger partial charge in [-0.15, -0.1) is 0 Å². The first kappa shape index (κ1) is 11.9. The van der Waals surface area contributed by atoms with Crippen molar-refractivity contribution in [3.05, 3.63) is 0 Å². The molecule has 16 heavy (non-hydrogen) atoms. The minimum absolute atomic E-state index is 0.168. The second-order valence-electron chi connectivity index (χ2n) is 4.82. The predicted octanol–water partition coefficient (Wildman–Crippen LogP) is 0.625. The van der Waals surface area contributed by atoms with Crippen LogP contribution < -0.4 is 5.32 Å². The van der Waals surface area contributed by atoms with Crippen LogP contribution >= 0.6 is 0 Å². The molecule has 1 atom stereocenters. The number of carbonyl (C=O) groups excluding carboxylic acids is 1. The summed E-state index contributed by atoms with van der Waals surface area (Å²) in [5, 5.41) is 3.35. The van der Waals surface area contributed by atoms with Crippen molar-refractivity contribution < 1.29 is 9.53 Å². The quantitative estimate of drug-likeness (QED) is 0.764. The second-order valence-corrected chi connectivity index (χ2v) is 4.82. The first-order chi connectivity index (χ1) is 7.86. The molecule has 2 fully saturated rings. The number of nitrogens with one attached hydrogen (secondary N) is 1. The lowest BCUT2D eigenvalue weighted by Crippen LogP contribution is -2.35. The van der Waals surface area contributed by atoms with Crippen LogP contribution in [0.1, 0.15) is 25.7 Å². The van der Waals surface area contributed by atoms with Gasteiger partial charge in [-0.1, -0.05) is 0 Å². The van der Waals surface area contributed by atoms with Crippen molar-refractivity contribution >= 4 is 5.91 Å². The van der Waals surface area contributed by atoms with Gasteiger partial charge < -0.3 is 15.0 Å². The van der Waals surface area contributed by atoms with E-state index in [4.69, 9.17) is 4.74 Å². The maximum absolute atomic E-state index is 11.7. The van der Waals surface area contributed by atoms with E-state index < -0.39 is 0 Å². The molecule has 0 aromatic heterocycles. The Kier molecular flexibility index (Phi) is 4.60. The average molecular weight is 226 g/mol. The molecule has 0 saturated carbocycles. The van der Waals surface area contributed by atoms with E-state index in [0.717, 1.165) is 45.6 Å². The normalized spacial score (nSPS) is 26.0. The van der Waals surface area contributed by atoms with E-state index in [1.807, 2.05) is 4.90 Å². The van der Waals surface area contributed by atoms with Gasteiger partial charge >= 0.3 is 0 Å². The summed E-state index contributed by atoms with van der Waals surface area (Å²) in [7, 11) is 0. The zero-order valence-electron chi connectivity index (χ0n) is 9.91. The maximum atomic E-state index is 11.7. The van der Waals surface area contributed by atoms with Gasteiger partial charge in [0.15, 0.2) is 0 Å². The second kappa shape index (κ2) is 6.21. The monoisotopic (exact) mass is 226 g/mol. The third-order valence-electron chi connectivity index (χ3n) is 3.44. The lowest BCUT2D eigenvalue weighted by Gasteiger charge is -2.23. The highest BCUT2D eigenvalue weighted by Gasteiger charge is 2.19. The number of piperidine rings is 1. The van der Waals surface area contributed by atoms with Gasteiger partial charge in [-0.3, -0.25) is 4.79 Å². The van der Waals surface area contributed by atoms with Gasteiger partial charge in [0.1, 0.15) is 6.61 Å². The Balaban J connectivity index is 1.57. The average Bonchev–Trinajstić information content (AvgIpc) is 2.84. The van der Waals surface area contributed by atoms with Crippen LogP contribution in [0.4, 0.5) is 0 Å².